The molecule has 0 saturated carbocycles. The molecule has 1 saturated heterocycles. The van der Waals surface area contributed by atoms with Gasteiger partial charge in [-0.15, -0.1) is 0 Å². The molecule has 1 unspecified atom stereocenters. The Bertz CT molecular complexity index is 990. The van der Waals surface area contributed by atoms with Crippen LogP contribution in [0.3, 0.4) is 0 Å². The van der Waals surface area contributed by atoms with Crippen LogP contribution in [0.2, 0.25) is 5.02 Å². The number of nitrogens with zero attached hydrogens (tertiary/aromatic N) is 2. The Labute approximate surface area is 167 Å². The summed E-state index contributed by atoms with van der Waals surface area (Å²) >= 11 is 6.18. The van der Waals surface area contributed by atoms with Crippen LogP contribution in [0.1, 0.15) is 16.9 Å². The molecule has 5 nitrogen and oxygen atoms in total. The molecule has 1 aliphatic heterocycles. The lowest BCUT2D eigenvalue weighted by molar-refractivity contribution is 0.0943. The standard InChI is InChI=1S/C21H20ClFN4O/c22-16-6-2-1-5-15(16)18-11-19(26-25-18)21(28)24-12-14-9-10-27(13-14)20-8-4-3-7-17(20)23/h1-8,11,14H,9-10,12-13H2,(H,24,28)(H,25,26). The topological polar surface area (TPSA) is 61.0 Å². The average molecular weight is 399 g/mol. The fraction of sp³-hybridized carbons (Fsp3) is 0.238. The van der Waals surface area contributed by atoms with Crippen LogP contribution >= 0.6 is 11.6 Å². The van der Waals surface area contributed by atoms with Gasteiger partial charge in [-0.2, -0.15) is 5.10 Å². The number of hydrogen-bond donors (Lipinski definition) is 2. The van der Waals surface area contributed by atoms with Crippen molar-refractivity contribution in [1.29, 1.82) is 0 Å². The third-order valence-electron chi connectivity index (χ3n) is 5.00. The third kappa shape index (κ3) is 3.87. The largest absolute Gasteiger partial charge is 0.369 e. The van der Waals surface area contributed by atoms with Crippen LogP contribution in [-0.2, 0) is 0 Å². The minimum Gasteiger partial charge on any atom is -0.369 e. The van der Waals surface area contributed by atoms with Gasteiger partial charge >= 0.3 is 0 Å². The van der Waals surface area contributed by atoms with E-state index in [1.165, 1.54) is 6.07 Å². The van der Waals surface area contributed by atoms with E-state index >= 15 is 0 Å². The molecule has 0 bridgehead atoms. The summed E-state index contributed by atoms with van der Waals surface area (Å²) in [7, 11) is 0. The van der Waals surface area contributed by atoms with Crippen molar-refractivity contribution >= 4 is 23.2 Å². The van der Waals surface area contributed by atoms with E-state index in [4.69, 9.17) is 11.6 Å². The predicted octanol–water partition coefficient (Wildman–Crippen LogP) is 4.13. The number of rotatable bonds is 5. The molecule has 28 heavy (non-hydrogen) atoms. The molecule has 2 heterocycles. The van der Waals surface area contributed by atoms with Gasteiger partial charge in [0.15, 0.2) is 0 Å². The van der Waals surface area contributed by atoms with Crippen molar-refractivity contribution in [2.75, 3.05) is 24.5 Å². The van der Waals surface area contributed by atoms with E-state index in [1.807, 2.05) is 29.2 Å². The molecule has 7 heteroatoms. The zero-order valence-electron chi connectivity index (χ0n) is 15.2. The number of aromatic nitrogens is 2. The second-order valence-electron chi connectivity index (χ2n) is 6.91. The second-order valence-corrected chi connectivity index (χ2v) is 7.32. The van der Waals surface area contributed by atoms with Crippen LogP contribution < -0.4 is 10.2 Å². The van der Waals surface area contributed by atoms with Gasteiger partial charge in [0.1, 0.15) is 11.5 Å². The number of anilines is 1. The van der Waals surface area contributed by atoms with Crippen molar-refractivity contribution in [3.05, 3.63) is 71.1 Å². The van der Waals surface area contributed by atoms with E-state index in [0.717, 1.165) is 25.1 Å². The van der Waals surface area contributed by atoms with E-state index in [2.05, 4.69) is 15.5 Å². The molecule has 1 aliphatic rings. The molecule has 1 amide bonds. The number of carbonyl (C=O) groups is 1. The van der Waals surface area contributed by atoms with Crippen LogP contribution in [0, 0.1) is 11.7 Å². The van der Waals surface area contributed by atoms with Gasteiger partial charge in [0.05, 0.1) is 16.4 Å². The first kappa shape index (κ1) is 18.5. The lowest BCUT2D eigenvalue weighted by Gasteiger charge is -2.19. The Hall–Kier alpha value is -2.86. The summed E-state index contributed by atoms with van der Waals surface area (Å²) in [6.45, 7) is 2.03. The van der Waals surface area contributed by atoms with E-state index < -0.39 is 0 Å². The molecule has 0 aliphatic carbocycles. The summed E-state index contributed by atoms with van der Waals surface area (Å²) in [4.78, 5) is 14.5. The summed E-state index contributed by atoms with van der Waals surface area (Å²) in [6.07, 6.45) is 0.905. The number of carbonyl (C=O) groups excluding carboxylic acids is 1. The van der Waals surface area contributed by atoms with Gasteiger partial charge in [-0.05, 0) is 36.6 Å². The molecule has 1 atom stereocenters. The van der Waals surface area contributed by atoms with Crippen LogP contribution in [0.15, 0.2) is 54.6 Å². The number of amides is 1. The number of aromatic amines is 1. The minimum absolute atomic E-state index is 0.211. The lowest BCUT2D eigenvalue weighted by Crippen LogP contribution is -2.31. The highest BCUT2D eigenvalue weighted by Crippen LogP contribution is 2.27. The number of H-pyrrole nitrogens is 1. The van der Waals surface area contributed by atoms with Gasteiger partial charge in [0.2, 0.25) is 0 Å². The molecule has 1 fully saturated rings. The van der Waals surface area contributed by atoms with Crippen molar-refractivity contribution in [1.82, 2.24) is 15.5 Å². The van der Waals surface area contributed by atoms with Crippen molar-refractivity contribution in [3.8, 4) is 11.3 Å². The Morgan fingerprint density at radius 2 is 2.04 bits per heavy atom. The third-order valence-corrected chi connectivity index (χ3v) is 5.33. The van der Waals surface area contributed by atoms with Gasteiger partial charge < -0.3 is 10.2 Å². The average Bonchev–Trinajstić information content (AvgIpc) is 3.37. The normalized spacial score (nSPS) is 16.4. The smallest absolute Gasteiger partial charge is 0.269 e. The van der Waals surface area contributed by atoms with Gasteiger partial charge in [0, 0.05) is 25.2 Å². The van der Waals surface area contributed by atoms with Crippen LogP contribution in [0.5, 0.6) is 0 Å². The number of hydrogen-bond acceptors (Lipinski definition) is 3. The first-order valence-electron chi connectivity index (χ1n) is 9.20. The predicted molar refractivity (Wildman–Crippen MR) is 108 cm³/mol. The van der Waals surface area contributed by atoms with Crippen molar-refractivity contribution < 1.29 is 9.18 Å². The number of para-hydroxylation sites is 1. The summed E-state index contributed by atoms with van der Waals surface area (Å²) in [6, 6.07) is 15.8. The van der Waals surface area contributed by atoms with Gasteiger partial charge in [-0.3, -0.25) is 9.89 Å². The monoisotopic (exact) mass is 398 g/mol. The summed E-state index contributed by atoms with van der Waals surface area (Å²) in [5.41, 5.74) is 2.41. The fourth-order valence-corrected chi connectivity index (χ4v) is 3.74. The molecule has 3 aromatic rings. The summed E-state index contributed by atoms with van der Waals surface area (Å²) < 4.78 is 13.9. The molecule has 0 radical (unpaired) electrons. The number of benzene rings is 2. The molecular weight excluding hydrogens is 379 g/mol. The first-order chi connectivity index (χ1) is 13.6. The molecule has 1 aromatic heterocycles. The highest BCUT2D eigenvalue weighted by atomic mass is 35.5. The quantitative estimate of drug-likeness (QED) is 0.679. The SMILES string of the molecule is O=C(NCC1CCN(c2ccccc2F)C1)c1cc(-c2ccccc2Cl)n[nH]1. The number of halogens is 2. The van der Waals surface area contributed by atoms with E-state index in [1.54, 1.807) is 24.3 Å². The Morgan fingerprint density at radius 1 is 1.25 bits per heavy atom. The summed E-state index contributed by atoms with van der Waals surface area (Å²) in [5, 5.41) is 10.5. The van der Waals surface area contributed by atoms with Gasteiger partial charge in [-0.1, -0.05) is 41.9 Å². The maximum Gasteiger partial charge on any atom is 0.269 e. The molecule has 4 rings (SSSR count). The van der Waals surface area contributed by atoms with Crippen molar-refractivity contribution in [3.63, 3.8) is 0 Å². The zero-order valence-corrected chi connectivity index (χ0v) is 15.9. The van der Waals surface area contributed by atoms with E-state index in [0.29, 0.717) is 28.6 Å². The lowest BCUT2D eigenvalue weighted by atomic mass is 10.1. The van der Waals surface area contributed by atoms with E-state index in [9.17, 15) is 9.18 Å². The maximum atomic E-state index is 13.9. The number of nitrogens with one attached hydrogen (secondary N) is 2. The summed E-state index contributed by atoms with van der Waals surface area (Å²) in [5.74, 6) is -0.151. The van der Waals surface area contributed by atoms with E-state index in [-0.39, 0.29) is 17.6 Å². The van der Waals surface area contributed by atoms with Crippen LogP contribution in [-0.4, -0.2) is 35.7 Å². The first-order valence-corrected chi connectivity index (χ1v) is 9.57. The highest BCUT2D eigenvalue weighted by Gasteiger charge is 2.25. The minimum atomic E-state index is -0.213. The molecule has 144 valence electrons. The second kappa shape index (κ2) is 8.02. The Kier molecular flexibility index (Phi) is 5.30. The molecule has 2 aromatic carbocycles. The molecular formula is C21H20ClFN4O. The Balaban J connectivity index is 1.34. The van der Waals surface area contributed by atoms with Gasteiger partial charge in [0.25, 0.3) is 5.91 Å². The molecule has 2 N–H and O–H groups in total. The van der Waals surface area contributed by atoms with Crippen molar-refractivity contribution in [2.24, 2.45) is 5.92 Å². The Morgan fingerprint density at radius 3 is 2.86 bits per heavy atom. The highest BCUT2D eigenvalue weighted by molar-refractivity contribution is 6.33. The molecule has 0 spiro atoms. The fourth-order valence-electron chi connectivity index (χ4n) is 3.50. The van der Waals surface area contributed by atoms with Crippen LogP contribution in [0.25, 0.3) is 11.3 Å². The van der Waals surface area contributed by atoms with Crippen LogP contribution in [0.4, 0.5) is 10.1 Å². The van der Waals surface area contributed by atoms with Gasteiger partial charge in [-0.25, -0.2) is 4.39 Å². The zero-order chi connectivity index (χ0) is 19.5. The maximum absolute atomic E-state index is 13.9. The van der Waals surface area contributed by atoms with Crippen molar-refractivity contribution in [2.45, 2.75) is 6.42 Å².